The number of ether oxygens (including phenoxy) is 2. The Kier molecular flexibility index (Phi) is 8.76. The van der Waals surface area contributed by atoms with E-state index in [-0.39, 0.29) is 0 Å². The summed E-state index contributed by atoms with van der Waals surface area (Å²) in [5.74, 6) is 1.75. The lowest BCUT2D eigenvalue weighted by Gasteiger charge is -2.22. The Morgan fingerprint density at radius 1 is 1.09 bits per heavy atom. The van der Waals surface area contributed by atoms with Crippen LogP contribution in [0.25, 0.3) is 0 Å². The molecule has 0 unspecified atom stereocenters. The molecule has 0 saturated heterocycles. The molecule has 0 bridgehead atoms. The molecule has 2 saturated carbocycles. The summed E-state index contributed by atoms with van der Waals surface area (Å²) < 4.78 is 11.7. The summed E-state index contributed by atoms with van der Waals surface area (Å²) in [5.41, 5.74) is 0. The van der Waals surface area contributed by atoms with Crippen molar-refractivity contribution in [1.29, 1.82) is 0 Å². The van der Waals surface area contributed by atoms with Crippen molar-refractivity contribution in [2.24, 2.45) is 10.9 Å². The molecule has 0 radical (unpaired) electrons. The summed E-state index contributed by atoms with van der Waals surface area (Å²) >= 11 is 0. The van der Waals surface area contributed by atoms with E-state index < -0.39 is 0 Å². The van der Waals surface area contributed by atoms with Crippen LogP contribution in [-0.2, 0) is 9.47 Å². The molecule has 0 aromatic rings. The van der Waals surface area contributed by atoms with Gasteiger partial charge < -0.3 is 19.7 Å². The molecule has 23 heavy (non-hydrogen) atoms. The van der Waals surface area contributed by atoms with Gasteiger partial charge in [0.15, 0.2) is 5.96 Å². The van der Waals surface area contributed by atoms with Crippen LogP contribution in [0.5, 0.6) is 0 Å². The van der Waals surface area contributed by atoms with Crippen molar-refractivity contribution < 1.29 is 9.47 Å². The molecule has 0 aromatic heterocycles. The highest BCUT2D eigenvalue weighted by atomic mass is 16.5. The summed E-state index contributed by atoms with van der Waals surface area (Å²) in [4.78, 5) is 6.46. The van der Waals surface area contributed by atoms with Gasteiger partial charge in [0.05, 0.1) is 19.3 Å². The van der Waals surface area contributed by atoms with Crippen molar-refractivity contribution in [2.45, 2.75) is 57.5 Å². The van der Waals surface area contributed by atoms with Crippen molar-refractivity contribution in [3.05, 3.63) is 0 Å². The van der Waals surface area contributed by atoms with Gasteiger partial charge in [-0.1, -0.05) is 25.7 Å². The van der Waals surface area contributed by atoms with Crippen molar-refractivity contribution in [3.8, 4) is 0 Å². The second-order valence-electron chi connectivity index (χ2n) is 6.90. The van der Waals surface area contributed by atoms with Gasteiger partial charge in [-0.25, -0.2) is 0 Å². The van der Waals surface area contributed by atoms with Gasteiger partial charge in [-0.2, -0.15) is 0 Å². The second kappa shape index (κ2) is 10.9. The number of guanidine groups is 1. The number of aliphatic imine (C=N–C) groups is 1. The van der Waals surface area contributed by atoms with E-state index >= 15 is 0 Å². The largest absolute Gasteiger partial charge is 0.379 e. The third-order valence-corrected chi connectivity index (χ3v) is 4.74. The zero-order chi connectivity index (χ0) is 16.3. The minimum atomic E-state index is 0.467. The normalized spacial score (nSPS) is 20.3. The SMILES string of the molecule is CN=C(NCCOC1CCCCCC1)N(C)CCOCC1CC1. The van der Waals surface area contributed by atoms with Crippen LogP contribution in [0, 0.1) is 5.92 Å². The lowest BCUT2D eigenvalue weighted by atomic mass is 10.1. The lowest BCUT2D eigenvalue weighted by Crippen LogP contribution is -2.42. The monoisotopic (exact) mass is 325 g/mol. The molecule has 5 heteroatoms. The van der Waals surface area contributed by atoms with E-state index in [4.69, 9.17) is 9.47 Å². The molecule has 0 atom stereocenters. The van der Waals surface area contributed by atoms with E-state index in [0.29, 0.717) is 6.10 Å². The Bertz CT molecular complexity index is 337. The fourth-order valence-electron chi connectivity index (χ4n) is 3.02. The molecule has 0 heterocycles. The number of nitrogens with zero attached hydrogens (tertiary/aromatic N) is 2. The predicted octanol–water partition coefficient (Wildman–Crippen LogP) is 2.66. The predicted molar refractivity (Wildman–Crippen MR) is 95.0 cm³/mol. The summed E-state index contributed by atoms with van der Waals surface area (Å²) in [6.45, 7) is 4.14. The average molecular weight is 325 g/mol. The quantitative estimate of drug-likeness (QED) is 0.306. The number of hydrogen-bond donors (Lipinski definition) is 1. The molecule has 0 spiro atoms. The van der Waals surface area contributed by atoms with Crippen LogP contribution in [0.4, 0.5) is 0 Å². The molecule has 1 N–H and O–H groups in total. The van der Waals surface area contributed by atoms with Crippen molar-refractivity contribution in [3.63, 3.8) is 0 Å². The van der Waals surface area contributed by atoms with Crippen LogP contribution in [0.3, 0.4) is 0 Å². The molecule has 2 aliphatic carbocycles. The maximum Gasteiger partial charge on any atom is 0.193 e. The van der Waals surface area contributed by atoms with Crippen molar-refractivity contribution in [2.75, 3.05) is 47.0 Å². The molecule has 0 amide bonds. The van der Waals surface area contributed by atoms with Crippen LogP contribution < -0.4 is 5.32 Å². The minimum Gasteiger partial charge on any atom is -0.379 e. The number of hydrogen-bond acceptors (Lipinski definition) is 3. The van der Waals surface area contributed by atoms with Crippen LogP contribution in [-0.4, -0.2) is 64.0 Å². The summed E-state index contributed by atoms with van der Waals surface area (Å²) in [7, 11) is 3.89. The van der Waals surface area contributed by atoms with Gasteiger partial charge >= 0.3 is 0 Å². The molecule has 0 aromatic carbocycles. The fourth-order valence-corrected chi connectivity index (χ4v) is 3.02. The standard InChI is InChI=1S/C18H35N3O2/c1-19-18(21(2)12-14-22-15-16-9-10-16)20-11-13-23-17-7-5-3-4-6-8-17/h16-17H,3-15H2,1-2H3,(H,19,20). The molecular weight excluding hydrogens is 290 g/mol. The highest BCUT2D eigenvalue weighted by Gasteiger charge is 2.21. The maximum absolute atomic E-state index is 6.01. The molecule has 134 valence electrons. The summed E-state index contributed by atoms with van der Waals surface area (Å²) in [6, 6.07) is 0. The van der Waals surface area contributed by atoms with Crippen molar-refractivity contribution in [1.82, 2.24) is 10.2 Å². The Morgan fingerprint density at radius 3 is 2.48 bits per heavy atom. The van der Waals surface area contributed by atoms with E-state index in [9.17, 15) is 0 Å². The summed E-state index contributed by atoms with van der Waals surface area (Å²) in [6.07, 6.45) is 11.0. The molecule has 2 aliphatic rings. The smallest absolute Gasteiger partial charge is 0.193 e. The molecular formula is C18H35N3O2. The van der Waals surface area contributed by atoms with Gasteiger partial charge in [-0.15, -0.1) is 0 Å². The molecule has 0 aliphatic heterocycles. The first-order valence-electron chi connectivity index (χ1n) is 9.40. The first-order chi connectivity index (χ1) is 11.3. The third kappa shape index (κ3) is 8.02. The van der Waals surface area contributed by atoms with Crippen LogP contribution in [0.2, 0.25) is 0 Å². The topological polar surface area (TPSA) is 46.1 Å². The van der Waals surface area contributed by atoms with Crippen LogP contribution in [0.1, 0.15) is 51.4 Å². The van der Waals surface area contributed by atoms with Gasteiger partial charge in [0.25, 0.3) is 0 Å². The van der Waals surface area contributed by atoms with Gasteiger partial charge in [0, 0.05) is 33.8 Å². The highest BCUT2D eigenvalue weighted by Crippen LogP contribution is 2.28. The van der Waals surface area contributed by atoms with Crippen LogP contribution >= 0.6 is 0 Å². The molecule has 5 nitrogen and oxygen atoms in total. The van der Waals surface area contributed by atoms with E-state index in [1.807, 2.05) is 7.05 Å². The van der Waals surface area contributed by atoms with Gasteiger partial charge in [-0.3, -0.25) is 4.99 Å². The zero-order valence-electron chi connectivity index (χ0n) is 15.1. The van der Waals surface area contributed by atoms with E-state index in [2.05, 4.69) is 22.3 Å². The van der Waals surface area contributed by atoms with Crippen LogP contribution in [0.15, 0.2) is 4.99 Å². The van der Waals surface area contributed by atoms with Gasteiger partial charge in [0.1, 0.15) is 0 Å². The highest BCUT2D eigenvalue weighted by molar-refractivity contribution is 5.79. The number of rotatable bonds is 9. The average Bonchev–Trinajstić information content (AvgIpc) is 3.39. The number of likely N-dealkylation sites (N-methyl/N-ethyl adjacent to an activating group) is 1. The maximum atomic E-state index is 6.01. The van der Waals surface area contributed by atoms with E-state index in [1.54, 1.807) is 0 Å². The zero-order valence-corrected chi connectivity index (χ0v) is 15.1. The van der Waals surface area contributed by atoms with Crippen molar-refractivity contribution >= 4 is 5.96 Å². The number of nitrogens with one attached hydrogen (secondary N) is 1. The molecule has 2 fully saturated rings. The van der Waals surface area contributed by atoms with Gasteiger partial charge in [0.2, 0.25) is 0 Å². The van der Waals surface area contributed by atoms with E-state index in [1.165, 1.54) is 51.4 Å². The first kappa shape index (κ1) is 18.5. The Labute approximate surface area is 141 Å². The lowest BCUT2D eigenvalue weighted by molar-refractivity contribution is 0.0465. The Morgan fingerprint density at radius 2 is 1.83 bits per heavy atom. The first-order valence-corrected chi connectivity index (χ1v) is 9.40. The molecule has 2 rings (SSSR count). The fraction of sp³-hybridized carbons (Fsp3) is 0.944. The van der Waals surface area contributed by atoms with Gasteiger partial charge in [-0.05, 0) is 31.6 Å². The Hall–Kier alpha value is -0.810. The summed E-state index contributed by atoms with van der Waals surface area (Å²) in [5, 5.41) is 3.38. The minimum absolute atomic E-state index is 0.467. The van der Waals surface area contributed by atoms with E-state index in [0.717, 1.165) is 44.8 Å². The third-order valence-electron chi connectivity index (χ3n) is 4.74. The second-order valence-corrected chi connectivity index (χ2v) is 6.90. The Balaban J connectivity index is 1.52.